The molecule has 152 valence electrons. The SMILES string of the molecule is CC(C)(C)CCCCCCCCn1cc(CCCCCC(C)(C)C)nn1. The molecule has 0 bridgehead atoms. The maximum absolute atomic E-state index is 4.34. The van der Waals surface area contributed by atoms with Crippen molar-refractivity contribution in [2.24, 2.45) is 10.8 Å². The first-order valence-corrected chi connectivity index (χ1v) is 11.0. The first kappa shape index (κ1) is 23.2. The summed E-state index contributed by atoms with van der Waals surface area (Å²) in [6, 6.07) is 0. The highest BCUT2D eigenvalue weighted by atomic mass is 15.4. The Labute approximate surface area is 163 Å². The lowest BCUT2D eigenvalue weighted by molar-refractivity contribution is 0.356. The van der Waals surface area contributed by atoms with Crippen molar-refractivity contribution in [3.63, 3.8) is 0 Å². The first-order chi connectivity index (χ1) is 12.2. The highest BCUT2D eigenvalue weighted by Gasteiger charge is 2.09. The van der Waals surface area contributed by atoms with Crippen molar-refractivity contribution >= 4 is 0 Å². The van der Waals surface area contributed by atoms with Crippen molar-refractivity contribution < 1.29 is 0 Å². The van der Waals surface area contributed by atoms with Crippen LogP contribution in [-0.2, 0) is 13.0 Å². The van der Waals surface area contributed by atoms with Gasteiger partial charge in [-0.1, -0.05) is 91.7 Å². The van der Waals surface area contributed by atoms with Gasteiger partial charge in [-0.05, 0) is 42.9 Å². The third-order valence-electron chi connectivity index (χ3n) is 5.01. The van der Waals surface area contributed by atoms with Crippen LogP contribution in [0.3, 0.4) is 0 Å². The van der Waals surface area contributed by atoms with Crippen LogP contribution in [0.25, 0.3) is 0 Å². The predicted octanol–water partition coefficient (Wildman–Crippen LogP) is 7.20. The van der Waals surface area contributed by atoms with Gasteiger partial charge in [0.2, 0.25) is 0 Å². The van der Waals surface area contributed by atoms with Gasteiger partial charge in [-0.3, -0.25) is 4.68 Å². The average molecular weight is 364 g/mol. The molecule has 1 aromatic heterocycles. The fourth-order valence-corrected chi connectivity index (χ4v) is 3.34. The molecule has 1 aromatic rings. The molecule has 0 unspecified atom stereocenters. The van der Waals surface area contributed by atoms with Crippen LogP contribution in [0, 0.1) is 10.8 Å². The van der Waals surface area contributed by atoms with Crippen LogP contribution < -0.4 is 0 Å². The van der Waals surface area contributed by atoms with Crippen LogP contribution in [0.15, 0.2) is 6.20 Å². The van der Waals surface area contributed by atoms with Gasteiger partial charge in [0.15, 0.2) is 0 Å². The number of hydrogen-bond donors (Lipinski definition) is 0. The summed E-state index contributed by atoms with van der Waals surface area (Å²) < 4.78 is 2.05. The van der Waals surface area contributed by atoms with Crippen LogP contribution in [0.4, 0.5) is 0 Å². The van der Waals surface area contributed by atoms with E-state index in [1.807, 2.05) is 4.68 Å². The Hall–Kier alpha value is -0.860. The molecule has 26 heavy (non-hydrogen) atoms. The van der Waals surface area contributed by atoms with Crippen molar-refractivity contribution in [2.75, 3.05) is 0 Å². The molecule has 0 fully saturated rings. The molecule has 0 N–H and O–H groups in total. The lowest BCUT2D eigenvalue weighted by atomic mass is 9.89. The molecule has 0 saturated heterocycles. The van der Waals surface area contributed by atoms with E-state index in [0.29, 0.717) is 10.8 Å². The molecule has 0 spiro atoms. The Kier molecular flexibility index (Phi) is 10.5. The molecule has 0 aromatic carbocycles. The average Bonchev–Trinajstić information content (AvgIpc) is 2.95. The molecule has 0 aliphatic rings. The Morgan fingerprint density at radius 2 is 1.19 bits per heavy atom. The lowest BCUT2D eigenvalue weighted by Crippen LogP contribution is -2.04. The predicted molar refractivity (Wildman–Crippen MR) is 113 cm³/mol. The summed E-state index contributed by atoms with van der Waals surface area (Å²) in [4.78, 5) is 0. The second-order valence-electron chi connectivity index (χ2n) is 10.5. The fraction of sp³-hybridized carbons (Fsp3) is 0.913. The Balaban J connectivity index is 2.01. The molecular weight excluding hydrogens is 318 g/mol. The molecule has 3 nitrogen and oxygen atoms in total. The van der Waals surface area contributed by atoms with E-state index in [9.17, 15) is 0 Å². The first-order valence-electron chi connectivity index (χ1n) is 11.0. The van der Waals surface area contributed by atoms with Gasteiger partial charge in [-0.15, -0.1) is 5.10 Å². The zero-order valence-corrected chi connectivity index (χ0v) is 18.6. The third kappa shape index (κ3) is 13.4. The van der Waals surface area contributed by atoms with Gasteiger partial charge in [-0.2, -0.15) is 0 Å². The minimum absolute atomic E-state index is 0.468. The van der Waals surface area contributed by atoms with Crippen LogP contribution in [0.2, 0.25) is 0 Å². The van der Waals surface area contributed by atoms with E-state index < -0.39 is 0 Å². The fourth-order valence-electron chi connectivity index (χ4n) is 3.34. The number of nitrogens with zero attached hydrogens (tertiary/aromatic N) is 3. The number of unbranched alkanes of at least 4 members (excludes halogenated alkanes) is 7. The summed E-state index contributed by atoms with van der Waals surface area (Å²) in [5.41, 5.74) is 2.13. The third-order valence-corrected chi connectivity index (χ3v) is 5.01. The summed E-state index contributed by atoms with van der Waals surface area (Å²) in [6.07, 6.45) is 17.8. The Morgan fingerprint density at radius 3 is 1.77 bits per heavy atom. The zero-order valence-electron chi connectivity index (χ0n) is 18.6. The van der Waals surface area contributed by atoms with Gasteiger partial charge < -0.3 is 0 Å². The lowest BCUT2D eigenvalue weighted by Gasteiger charge is -2.17. The maximum atomic E-state index is 4.34. The van der Waals surface area contributed by atoms with Crippen LogP contribution >= 0.6 is 0 Å². The van der Waals surface area contributed by atoms with E-state index in [1.54, 1.807) is 0 Å². The number of aryl methyl sites for hydroxylation is 2. The van der Waals surface area contributed by atoms with Gasteiger partial charge >= 0.3 is 0 Å². The molecule has 0 radical (unpaired) electrons. The highest BCUT2D eigenvalue weighted by Crippen LogP contribution is 2.23. The molecule has 0 amide bonds. The minimum Gasteiger partial charge on any atom is -0.252 e. The van der Waals surface area contributed by atoms with Crippen molar-refractivity contribution in [3.05, 3.63) is 11.9 Å². The molecular formula is C23H45N3. The number of rotatable bonds is 13. The summed E-state index contributed by atoms with van der Waals surface area (Å²) >= 11 is 0. The van der Waals surface area contributed by atoms with Crippen LogP contribution in [-0.4, -0.2) is 15.0 Å². The van der Waals surface area contributed by atoms with E-state index in [4.69, 9.17) is 0 Å². The smallest absolute Gasteiger partial charge is 0.0827 e. The second kappa shape index (κ2) is 11.8. The molecule has 1 heterocycles. The van der Waals surface area contributed by atoms with Gasteiger partial charge in [0.25, 0.3) is 0 Å². The molecule has 3 heteroatoms. The number of aromatic nitrogens is 3. The summed E-state index contributed by atoms with van der Waals surface area (Å²) in [5, 5.41) is 8.63. The molecule has 1 rings (SSSR count). The second-order valence-corrected chi connectivity index (χ2v) is 10.5. The van der Waals surface area contributed by atoms with E-state index in [-0.39, 0.29) is 0 Å². The van der Waals surface area contributed by atoms with Crippen molar-refractivity contribution in [1.82, 2.24) is 15.0 Å². The van der Waals surface area contributed by atoms with Crippen molar-refractivity contribution in [3.8, 4) is 0 Å². The van der Waals surface area contributed by atoms with Gasteiger partial charge in [0, 0.05) is 12.7 Å². The van der Waals surface area contributed by atoms with Gasteiger partial charge in [-0.25, -0.2) is 0 Å². The van der Waals surface area contributed by atoms with Crippen LogP contribution in [0.5, 0.6) is 0 Å². The van der Waals surface area contributed by atoms with Gasteiger partial charge in [0.05, 0.1) is 5.69 Å². The van der Waals surface area contributed by atoms with E-state index in [1.165, 1.54) is 76.3 Å². The number of hydrogen-bond acceptors (Lipinski definition) is 2. The Bertz CT molecular complexity index is 463. The zero-order chi connectivity index (χ0) is 19.5. The molecule has 0 aliphatic heterocycles. The largest absolute Gasteiger partial charge is 0.252 e. The van der Waals surface area contributed by atoms with Crippen LogP contribution in [0.1, 0.15) is 118 Å². The topological polar surface area (TPSA) is 30.7 Å². The molecule has 0 saturated carbocycles. The summed E-state index contributed by atoms with van der Waals surface area (Å²) in [6.45, 7) is 15.0. The van der Waals surface area contributed by atoms with Gasteiger partial charge in [0.1, 0.15) is 0 Å². The van der Waals surface area contributed by atoms with E-state index in [2.05, 4.69) is 58.1 Å². The summed E-state index contributed by atoms with van der Waals surface area (Å²) in [7, 11) is 0. The molecule has 0 atom stereocenters. The van der Waals surface area contributed by atoms with E-state index in [0.717, 1.165) is 13.0 Å². The standard InChI is InChI=1S/C23H45N3/c1-22(2,3)17-13-9-7-8-10-15-19-26-20-21(24-25-26)16-12-11-14-18-23(4,5)6/h20H,7-19H2,1-6H3. The minimum atomic E-state index is 0.468. The maximum Gasteiger partial charge on any atom is 0.0827 e. The van der Waals surface area contributed by atoms with E-state index >= 15 is 0 Å². The normalized spacial score (nSPS) is 12.7. The Morgan fingerprint density at radius 1 is 0.692 bits per heavy atom. The van der Waals surface area contributed by atoms with Crippen molar-refractivity contribution in [1.29, 1.82) is 0 Å². The monoisotopic (exact) mass is 363 g/mol. The highest BCUT2D eigenvalue weighted by molar-refractivity contribution is 4.92. The van der Waals surface area contributed by atoms with Crippen molar-refractivity contribution in [2.45, 2.75) is 125 Å². The quantitative estimate of drug-likeness (QED) is 0.347. The molecule has 0 aliphatic carbocycles. The summed E-state index contributed by atoms with van der Waals surface area (Å²) in [5.74, 6) is 0.